The number of anilines is 1. The third kappa shape index (κ3) is 3.80. The monoisotopic (exact) mass is 319 g/mol. The predicted molar refractivity (Wildman–Crippen MR) is 90.3 cm³/mol. The van der Waals surface area contributed by atoms with Crippen LogP contribution in [0, 0.1) is 23.6 Å². The van der Waals surface area contributed by atoms with E-state index >= 15 is 0 Å². The van der Waals surface area contributed by atoms with Crippen LogP contribution in [0.3, 0.4) is 0 Å². The van der Waals surface area contributed by atoms with Crippen molar-refractivity contribution in [2.75, 3.05) is 5.32 Å². The van der Waals surface area contributed by atoms with Gasteiger partial charge < -0.3 is 5.32 Å². The summed E-state index contributed by atoms with van der Waals surface area (Å²) in [5, 5.41) is 2.63. The maximum Gasteiger partial charge on any atom is 0.221 e. The Morgan fingerprint density at radius 3 is 2.30 bits per heavy atom. The Bertz CT molecular complexity index is 674. The second-order valence-corrected chi connectivity index (χ2v) is 8.35. The van der Waals surface area contributed by atoms with Crippen LogP contribution in [0.2, 0.25) is 0 Å². The van der Waals surface area contributed by atoms with Gasteiger partial charge in [-0.2, -0.15) is 0 Å². The molecule has 0 spiro atoms. The molecule has 1 aliphatic carbocycles. The van der Waals surface area contributed by atoms with E-state index < -0.39 is 0 Å². The average molecular weight is 319 g/mol. The third-order valence-electron chi connectivity index (χ3n) is 4.49. The van der Waals surface area contributed by atoms with Gasteiger partial charge in [-0.3, -0.25) is 9.59 Å². The van der Waals surface area contributed by atoms with Crippen molar-refractivity contribution in [3.05, 3.63) is 28.6 Å². The van der Waals surface area contributed by atoms with Crippen molar-refractivity contribution < 1.29 is 14.0 Å². The lowest BCUT2D eigenvalue weighted by Crippen LogP contribution is -2.32. The van der Waals surface area contributed by atoms with Crippen LogP contribution in [0.25, 0.3) is 0 Å². The number of ketones is 1. The summed E-state index contributed by atoms with van der Waals surface area (Å²) in [4.78, 5) is 24.3. The number of rotatable bonds is 1. The number of amides is 1. The first kappa shape index (κ1) is 17.6. The molecule has 1 amide bonds. The molecule has 0 saturated heterocycles. The van der Waals surface area contributed by atoms with Crippen LogP contribution in [-0.4, -0.2) is 11.7 Å². The number of fused-ring (bicyclic) bond motifs is 1. The maximum absolute atomic E-state index is 14.3. The molecule has 126 valence electrons. The number of nitrogens with one attached hydrogen (secondary N) is 1. The molecule has 3 nitrogen and oxygen atoms in total. The van der Waals surface area contributed by atoms with Gasteiger partial charge in [0, 0.05) is 18.9 Å². The first-order valence-electron chi connectivity index (χ1n) is 8.05. The van der Waals surface area contributed by atoms with Gasteiger partial charge in [0.05, 0.1) is 5.69 Å². The van der Waals surface area contributed by atoms with E-state index in [-0.39, 0.29) is 28.3 Å². The lowest BCUT2D eigenvalue weighted by atomic mass is 9.66. The first-order valence-corrected chi connectivity index (χ1v) is 8.05. The van der Waals surface area contributed by atoms with E-state index in [1.54, 1.807) is 6.92 Å². The molecule has 4 heteroatoms. The largest absolute Gasteiger partial charge is 0.326 e. The van der Waals surface area contributed by atoms with Crippen LogP contribution in [0.5, 0.6) is 0 Å². The van der Waals surface area contributed by atoms with Crippen LogP contribution < -0.4 is 5.32 Å². The van der Waals surface area contributed by atoms with Crippen molar-refractivity contribution in [1.82, 2.24) is 0 Å². The summed E-state index contributed by atoms with van der Waals surface area (Å²) >= 11 is 0. The fraction of sp³-hybridized carbons (Fsp3) is 0.579. The number of halogens is 1. The summed E-state index contributed by atoms with van der Waals surface area (Å²) in [6.07, 6.45) is 1.89. The SMILES string of the molecule is CC(=O)Nc1cc(F)c(C)c2c1C(=O)CC(C)(C)CC(C)(C)C2. The van der Waals surface area contributed by atoms with Crippen LogP contribution in [-0.2, 0) is 11.2 Å². The summed E-state index contributed by atoms with van der Waals surface area (Å²) < 4.78 is 14.3. The fourth-order valence-electron chi connectivity index (χ4n) is 4.05. The number of hydrogen-bond donors (Lipinski definition) is 1. The molecule has 1 aliphatic rings. The highest BCUT2D eigenvalue weighted by atomic mass is 19.1. The van der Waals surface area contributed by atoms with Crippen molar-refractivity contribution in [2.45, 2.75) is 60.8 Å². The molecule has 0 heterocycles. The highest BCUT2D eigenvalue weighted by molar-refractivity contribution is 6.06. The standard InChI is InChI=1S/C19H26FNO2/c1-11-13-8-18(3,4)10-19(5,6)9-16(23)17(13)15(7-14(11)20)21-12(2)22/h7H,8-10H2,1-6H3,(H,21,22). The Kier molecular flexibility index (Phi) is 4.40. The Morgan fingerprint density at radius 1 is 1.17 bits per heavy atom. The van der Waals surface area contributed by atoms with E-state index in [2.05, 4.69) is 33.0 Å². The van der Waals surface area contributed by atoms with E-state index in [9.17, 15) is 14.0 Å². The third-order valence-corrected chi connectivity index (χ3v) is 4.49. The molecular formula is C19H26FNO2. The van der Waals surface area contributed by atoms with Crippen LogP contribution in [0.1, 0.15) is 68.9 Å². The van der Waals surface area contributed by atoms with Crippen molar-refractivity contribution in [3.8, 4) is 0 Å². The second-order valence-electron chi connectivity index (χ2n) is 8.35. The Balaban J connectivity index is 2.72. The van der Waals surface area contributed by atoms with Crippen LogP contribution in [0.15, 0.2) is 6.07 Å². The number of hydrogen-bond acceptors (Lipinski definition) is 2. The van der Waals surface area contributed by atoms with Gasteiger partial charge in [0.1, 0.15) is 5.82 Å². The topological polar surface area (TPSA) is 46.2 Å². The minimum absolute atomic E-state index is 0.0210. The normalized spacial score (nSPS) is 19.5. The van der Waals surface area contributed by atoms with E-state index in [1.807, 2.05) is 0 Å². The summed E-state index contributed by atoms with van der Waals surface area (Å²) in [5.41, 5.74) is 1.85. The molecule has 0 saturated carbocycles. The zero-order chi connectivity index (χ0) is 17.6. The van der Waals surface area contributed by atoms with E-state index in [0.717, 1.165) is 12.0 Å². The van der Waals surface area contributed by atoms with Crippen LogP contribution >= 0.6 is 0 Å². The Morgan fingerprint density at radius 2 is 1.74 bits per heavy atom. The van der Waals surface area contributed by atoms with E-state index in [1.165, 1.54) is 13.0 Å². The summed E-state index contributed by atoms with van der Waals surface area (Å²) in [7, 11) is 0. The van der Waals surface area contributed by atoms with Gasteiger partial charge in [0.25, 0.3) is 0 Å². The average Bonchev–Trinajstić information content (AvgIpc) is 2.30. The van der Waals surface area contributed by atoms with Gasteiger partial charge in [0.2, 0.25) is 5.91 Å². The minimum Gasteiger partial charge on any atom is -0.326 e. The summed E-state index contributed by atoms with van der Waals surface area (Å²) in [6, 6.07) is 1.27. The van der Waals surface area contributed by atoms with Gasteiger partial charge in [-0.25, -0.2) is 4.39 Å². The maximum atomic E-state index is 14.3. The molecule has 2 rings (SSSR count). The van der Waals surface area contributed by atoms with Crippen LogP contribution in [0.4, 0.5) is 10.1 Å². The number of Topliss-reactive ketones (excluding diaryl/α,β-unsaturated/α-hetero) is 1. The Labute approximate surface area is 137 Å². The lowest BCUT2D eigenvalue weighted by Gasteiger charge is -2.38. The molecule has 1 aromatic rings. The van der Waals surface area contributed by atoms with Gasteiger partial charge in [-0.05, 0) is 47.8 Å². The van der Waals surface area contributed by atoms with Gasteiger partial charge in [-0.1, -0.05) is 27.7 Å². The second kappa shape index (κ2) is 5.73. The molecule has 0 radical (unpaired) electrons. The molecule has 0 bridgehead atoms. The number of carbonyl (C=O) groups excluding carboxylic acids is 2. The molecule has 0 fully saturated rings. The quantitative estimate of drug-likeness (QED) is 0.818. The summed E-state index contributed by atoms with van der Waals surface area (Å²) in [6.45, 7) is 11.6. The summed E-state index contributed by atoms with van der Waals surface area (Å²) in [5.74, 6) is -0.702. The van der Waals surface area contributed by atoms with Crippen molar-refractivity contribution in [2.24, 2.45) is 10.8 Å². The van der Waals surface area contributed by atoms with E-state index in [0.29, 0.717) is 29.7 Å². The number of benzene rings is 1. The number of carbonyl (C=O) groups is 2. The lowest BCUT2D eigenvalue weighted by molar-refractivity contribution is -0.114. The van der Waals surface area contributed by atoms with Crippen molar-refractivity contribution >= 4 is 17.4 Å². The van der Waals surface area contributed by atoms with Gasteiger partial charge in [-0.15, -0.1) is 0 Å². The molecule has 0 atom stereocenters. The smallest absolute Gasteiger partial charge is 0.221 e. The molecule has 1 N–H and O–H groups in total. The zero-order valence-corrected chi connectivity index (χ0v) is 14.9. The van der Waals surface area contributed by atoms with E-state index in [4.69, 9.17) is 0 Å². The highest BCUT2D eigenvalue weighted by Crippen LogP contribution is 2.44. The fourth-order valence-corrected chi connectivity index (χ4v) is 4.05. The first-order chi connectivity index (χ1) is 10.4. The van der Waals surface area contributed by atoms with Gasteiger partial charge in [0.15, 0.2) is 5.78 Å². The molecule has 1 aromatic carbocycles. The van der Waals surface area contributed by atoms with Crippen molar-refractivity contribution in [3.63, 3.8) is 0 Å². The molecule has 0 unspecified atom stereocenters. The molecule has 23 heavy (non-hydrogen) atoms. The zero-order valence-electron chi connectivity index (χ0n) is 14.9. The van der Waals surface area contributed by atoms with Gasteiger partial charge >= 0.3 is 0 Å². The Hall–Kier alpha value is -1.71. The molecule has 0 aliphatic heterocycles. The minimum atomic E-state index is -0.379. The highest BCUT2D eigenvalue weighted by Gasteiger charge is 2.37. The molecule has 0 aromatic heterocycles. The molecular weight excluding hydrogens is 293 g/mol. The van der Waals surface area contributed by atoms with Crippen molar-refractivity contribution in [1.29, 1.82) is 0 Å². The predicted octanol–water partition coefficient (Wildman–Crippen LogP) is 4.66.